The van der Waals surface area contributed by atoms with Crippen LogP contribution in [0.5, 0.6) is 0 Å². The molecule has 0 saturated carbocycles. The van der Waals surface area contributed by atoms with E-state index < -0.39 is 61.8 Å². The number of alkyl carbamates (subject to hydrolysis) is 1. The van der Waals surface area contributed by atoms with Gasteiger partial charge in [0.1, 0.15) is 37.5 Å². The normalized spacial score (nSPS) is 24.8. The van der Waals surface area contributed by atoms with Crippen molar-refractivity contribution < 1.29 is 43.9 Å². The Hall–Kier alpha value is -3.51. The highest BCUT2D eigenvalue weighted by Gasteiger charge is 2.46. The Kier molecular flexibility index (Phi) is 7.85. The van der Waals surface area contributed by atoms with Gasteiger partial charge in [-0.25, -0.2) is 4.79 Å². The van der Waals surface area contributed by atoms with Crippen molar-refractivity contribution in [1.82, 2.24) is 10.6 Å². The Labute approximate surface area is 207 Å². The molecule has 4 rings (SSSR count). The van der Waals surface area contributed by atoms with Crippen LogP contribution in [0.2, 0.25) is 0 Å². The van der Waals surface area contributed by atoms with E-state index in [0.29, 0.717) is 0 Å². The molecule has 2 amide bonds. The summed E-state index contributed by atoms with van der Waals surface area (Å²) in [7, 11) is 0. The molecule has 2 aromatic carbocycles. The molecule has 5 N–H and O–H groups in total. The average molecular weight is 501 g/mol. The van der Waals surface area contributed by atoms with Crippen LogP contribution in [-0.4, -0.2) is 83.7 Å². The van der Waals surface area contributed by atoms with Gasteiger partial charge in [-0.1, -0.05) is 48.5 Å². The zero-order chi connectivity index (χ0) is 25.8. The number of nitrogens with one attached hydrogen (secondary N) is 2. The number of rotatable bonds is 7. The summed E-state index contributed by atoms with van der Waals surface area (Å²) in [4.78, 5) is 36.1. The van der Waals surface area contributed by atoms with Gasteiger partial charge in [-0.15, -0.1) is 0 Å². The van der Waals surface area contributed by atoms with Gasteiger partial charge in [-0.3, -0.25) is 9.59 Å². The molecule has 0 spiro atoms. The first kappa shape index (κ1) is 25.6. The number of ether oxygens (including phenoxy) is 3. The smallest absolute Gasteiger partial charge is 0.407 e. The molecule has 0 radical (unpaired) electrons. The summed E-state index contributed by atoms with van der Waals surface area (Å²) in [6, 6.07) is 14.5. The Morgan fingerprint density at radius 1 is 0.972 bits per heavy atom. The molecule has 1 saturated heterocycles. The topological polar surface area (TPSA) is 164 Å². The molecule has 0 aromatic heterocycles. The molecule has 0 bridgehead atoms. The van der Waals surface area contributed by atoms with Gasteiger partial charge in [0.15, 0.2) is 0 Å². The number of amides is 2. The van der Waals surface area contributed by atoms with Crippen LogP contribution in [-0.2, 0) is 23.8 Å². The van der Waals surface area contributed by atoms with Gasteiger partial charge in [-0.2, -0.15) is 0 Å². The fraction of sp³-hybridized carbons (Fsp3) is 0.400. The molecule has 2 aliphatic rings. The lowest BCUT2D eigenvalue weighted by Crippen LogP contribution is -2.65. The van der Waals surface area contributed by atoms with Crippen LogP contribution in [0, 0.1) is 0 Å². The first-order valence-corrected chi connectivity index (χ1v) is 11.5. The number of benzene rings is 2. The van der Waals surface area contributed by atoms with Crippen LogP contribution in [0.3, 0.4) is 0 Å². The first-order chi connectivity index (χ1) is 17.3. The minimum absolute atomic E-state index is 0.0630. The summed E-state index contributed by atoms with van der Waals surface area (Å²) in [5.41, 5.74) is 4.26. The van der Waals surface area contributed by atoms with Gasteiger partial charge in [-0.05, 0) is 22.3 Å². The van der Waals surface area contributed by atoms with Gasteiger partial charge in [0.05, 0.1) is 6.61 Å². The average Bonchev–Trinajstić information content (AvgIpc) is 3.19. The molecule has 192 valence electrons. The quantitative estimate of drug-likeness (QED) is 0.330. The van der Waals surface area contributed by atoms with Crippen LogP contribution in [0.25, 0.3) is 11.1 Å². The van der Waals surface area contributed by atoms with E-state index in [1.165, 1.54) is 6.92 Å². The van der Waals surface area contributed by atoms with Crippen molar-refractivity contribution in [2.75, 3.05) is 19.8 Å². The van der Waals surface area contributed by atoms with Crippen LogP contribution in [0.15, 0.2) is 48.5 Å². The maximum absolute atomic E-state index is 12.3. The van der Waals surface area contributed by atoms with Crippen LogP contribution in [0.4, 0.5) is 4.79 Å². The summed E-state index contributed by atoms with van der Waals surface area (Å²) in [5.74, 6) is -1.65. The molecule has 1 heterocycles. The van der Waals surface area contributed by atoms with E-state index in [1.54, 1.807) is 0 Å². The van der Waals surface area contributed by atoms with Gasteiger partial charge in [0.2, 0.25) is 12.2 Å². The molecule has 2 aromatic rings. The van der Waals surface area contributed by atoms with E-state index in [4.69, 9.17) is 14.2 Å². The Morgan fingerprint density at radius 3 is 2.17 bits per heavy atom. The van der Waals surface area contributed by atoms with Crippen molar-refractivity contribution in [1.29, 1.82) is 0 Å². The number of hydrogen-bond donors (Lipinski definition) is 5. The molecule has 1 aliphatic carbocycles. The summed E-state index contributed by atoms with van der Waals surface area (Å²) in [5, 5.41) is 34.3. The summed E-state index contributed by atoms with van der Waals surface area (Å²) in [6.07, 6.45) is -6.65. The minimum Gasteiger partial charge on any atom is -0.449 e. The van der Waals surface area contributed by atoms with Crippen molar-refractivity contribution in [2.45, 2.75) is 43.5 Å². The molecule has 1 fully saturated rings. The molecule has 3 unspecified atom stereocenters. The molecule has 5 atom stereocenters. The summed E-state index contributed by atoms with van der Waals surface area (Å²) < 4.78 is 15.8. The Bertz CT molecular complexity index is 1080. The molecule has 11 nitrogen and oxygen atoms in total. The number of hydrogen-bond acceptors (Lipinski definition) is 9. The third-order valence-electron chi connectivity index (χ3n) is 6.22. The number of carbonyl (C=O) groups is 3. The number of aliphatic hydroxyl groups excluding tert-OH is 3. The van der Waals surface area contributed by atoms with Crippen molar-refractivity contribution >= 4 is 18.0 Å². The zero-order valence-corrected chi connectivity index (χ0v) is 19.5. The number of esters is 1. The van der Waals surface area contributed by atoms with Gasteiger partial charge in [0.25, 0.3) is 0 Å². The number of aliphatic hydroxyl groups is 3. The summed E-state index contributed by atoms with van der Waals surface area (Å²) >= 11 is 0. The highest BCUT2D eigenvalue weighted by atomic mass is 16.7. The lowest BCUT2D eigenvalue weighted by Gasteiger charge is -2.41. The lowest BCUT2D eigenvalue weighted by atomic mass is 9.97. The molecule has 11 heteroatoms. The molecule has 1 aliphatic heterocycles. The fourth-order valence-corrected chi connectivity index (χ4v) is 4.54. The third kappa shape index (κ3) is 5.34. The van der Waals surface area contributed by atoms with Gasteiger partial charge in [0, 0.05) is 12.8 Å². The van der Waals surface area contributed by atoms with E-state index >= 15 is 0 Å². The van der Waals surface area contributed by atoms with Crippen molar-refractivity contribution in [3.63, 3.8) is 0 Å². The van der Waals surface area contributed by atoms with Gasteiger partial charge < -0.3 is 40.2 Å². The lowest BCUT2D eigenvalue weighted by molar-refractivity contribution is -0.263. The second kappa shape index (κ2) is 11.0. The Balaban J connectivity index is 1.31. The highest BCUT2D eigenvalue weighted by molar-refractivity contribution is 5.80. The molecular weight excluding hydrogens is 472 g/mol. The highest BCUT2D eigenvalue weighted by Crippen LogP contribution is 2.44. The van der Waals surface area contributed by atoms with Crippen LogP contribution >= 0.6 is 0 Å². The maximum atomic E-state index is 12.3. The van der Waals surface area contributed by atoms with E-state index in [0.717, 1.165) is 22.3 Å². The van der Waals surface area contributed by atoms with E-state index in [1.807, 2.05) is 48.5 Å². The minimum atomic E-state index is -1.56. The van der Waals surface area contributed by atoms with Crippen molar-refractivity contribution in [2.24, 2.45) is 0 Å². The van der Waals surface area contributed by atoms with E-state index in [-0.39, 0.29) is 12.5 Å². The number of fused-ring (bicyclic) bond motifs is 3. The second-order valence-electron chi connectivity index (χ2n) is 8.60. The van der Waals surface area contributed by atoms with E-state index in [2.05, 4.69) is 10.6 Å². The number of carbonyl (C=O) groups excluding carboxylic acids is 3. The van der Waals surface area contributed by atoms with Crippen molar-refractivity contribution in [3.05, 3.63) is 59.7 Å². The van der Waals surface area contributed by atoms with Crippen LogP contribution < -0.4 is 10.6 Å². The standard InChI is InChI=1S/C25H28N2O9/c1-13(29)27-21-23(32)22(31)19(11-28)35-24(21)36-20(30)10-26-25(33)34-12-18-16-8-4-2-6-14(16)15-7-3-5-9-17(15)18/h2-9,18-19,21-24,28,31-32H,10-12H2,1H3,(H,26,33)(H,27,29)/t19?,21?,22-,23?,24+/m1/s1. The van der Waals surface area contributed by atoms with Crippen molar-refractivity contribution in [3.8, 4) is 11.1 Å². The predicted octanol–water partition coefficient (Wildman–Crippen LogP) is 0.0120. The molecule has 36 heavy (non-hydrogen) atoms. The summed E-state index contributed by atoms with van der Waals surface area (Å²) in [6.45, 7) is 0.00512. The van der Waals surface area contributed by atoms with E-state index in [9.17, 15) is 29.7 Å². The third-order valence-corrected chi connectivity index (χ3v) is 6.22. The fourth-order valence-electron chi connectivity index (χ4n) is 4.54. The SMILES string of the molecule is CC(=O)NC1C(O)[C@H](O)C(CO)O[C@H]1OC(=O)CNC(=O)OCC1c2ccccc2-c2ccccc21. The molecular formula is C25H28N2O9. The first-order valence-electron chi connectivity index (χ1n) is 11.5. The Morgan fingerprint density at radius 2 is 1.58 bits per heavy atom. The second-order valence-corrected chi connectivity index (χ2v) is 8.60. The monoisotopic (exact) mass is 500 g/mol. The predicted molar refractivity (Wildman–Crippen MR) is 125 cm³/mol. The maximum Gasteiger partial charge on any atom is 0.407 e. The largest absolute Gasteiger partial charge is 0.449 e. The van der Waals surface area contributed by atoms with Crippen LogP contribution in [0.1, 0.15) is 24.0 Å². The van der Waals surface area contributed by atoms with Gasteiger partial charge >= 0.3 is 12.1 Å². The zero-order valence-electron chi connectivity index (χ0n) is 19.5.